The maximum Gasteiger partial charge on any atom is 0.274 e. The molecule has 3 heterocycles. The summed E-state index contributed by atoms with van der Waals surface area (Å²) in [6.07, 6.45) is 3.79. The summed E-state index contributed by atoms with van der Waals surface area (Å²) in [5.74, 6) is 0.965. The first kappa shape index (κ1) is 14.4. The molecule has 0 aromatic heterocycles. The van der Waals surface area contributed by atoms with Crippen LogP contribution in [0.2, 0.25) is 0 Å². The number of hydrogen-bond donors (Lipinski definition) is 0. The molecule has 1 aromatic rings. The van der Waals surface area contributed by atoms with Crippen LogP contribution >= 0.6 is 10.9 Å². The lowest BCUT2D eigenvalue weighted by Gasteiger charge is -2.34. The van der Waals surface area contributed by atoms with E-state index in [2.05, 4.69) is 16.8 Å². The summed E-state index contributed by atoms with van der Waals surface area (Å²) in [7, 11) is 3.60. The molecule has 0 N–H and O–H groups in total. The molecule has 0 bridgehead atoms. The average Bonchev–Trinajstić information content (AvgIpc) is 2.93. The van der Waals surface area contributed by atoms with Gasteiger partial charge in [0, 0.05) is 32.4 Å². The molecule has 0 aliphatic carbocycles. The Morgan fingerprint density at radius 1 is 1.09 bits per heavy atom. The average molecular weight is 326 g/mol. The molecule has 23 heavy (non-hydrogen) atoms. The number of fused-ring (bicyclic) bond motifs is 1. The highest BCUT2D eigenvalue weighted by molar-refractivity contribution is 8.00. The molecule has 3 aliphatic rings. The zero-order valence-corrected chi connectivity index (χ0v) is 13.8. The number of amidine groups is 1. The van der Waals surface area contributed by atoms with Gasteiger partial charge in [0.05, 0.1) is 0 Å². The number of benzene rings is 1. The summed E-state index contributed by atoms with van der Waals surface area (Å²) in [5.41, 5.74) is 0.953. The van der Waals surface area contributed by atoms with Gasteiger partial charge in [0.1, 0.15) is 10.7 Å². The Kier molecular flexibility index (Phi) is 3.63. The van der Waals surface area contributed by atoms with Crippen molar-refractivity contribution in [3.63, 3.8) is 0 Å². The van der Waals surface area contributed by atoms with E-state index in [-0.39, 0.29) is 5.91 Å². The predicted molar refractivity (Wildman–Crippen MR) is 95.6 cm³/mol. The fraction of sp³-hybridized carbons (Fsp3) is 0.294. The number of carbonyl (C=O) groups excluding carboxylic acids is 1. The quantitative estimate of drug-likeness (QED) is 0.724. The Balaban J connectivity index is 1.65. The largest absolute Gasteiger partial charge is 0.354 e. The fourth-order valence-corrected chi connectivity index (χ4v) is 3.85. The fourth-order valence-electron chi connectivity index (χ4n) is 2.85. The number of carbonyl (C=O) groups is 1. The van der Waals surface area contributed by atoms with Crippen LogP contribution in [-0.2, 0) is 4.79 Å². The van der Waals surface area contributed by atoms with Gasteiger partial charge in [-0.2, -0.15) is 0 Å². The second-order valence-corrected chi connectivity index (χ2v) is 6.81. The van der Waals surface area contributed by atoms with Gasteiger partial charge < -0.3 is 9.80 Å². The van der Waals surface area contributed by atoms with Gasteiger partial charge in [-0.15, -0.1) is 0 Å². The standard InChI is InChI=1S/C17H18N4OS/c1-19-9-11-20(12-10-19)14-7-8-21-16(22)15(23-17(21)18-14)13-5-3-2-4-6-13/h2-8H,9-12H2,1H3. The van der Waals surface area contributed by atoms with Crippen LogP contribution in [0.25, 0.3) is 0 Å². The van der Waals surface area contributed by atoms with Gasteiger partial charge in [-0.05, 0) is 18.7 Å². The number of aliphatic imine (C=N–C) groups is 1. The number of piperazine rings is 1. The van der Waals surface area contributed by atoms with E-state index in [1.54, 1.807) is 4.90 Å². The topological polar surface area (TPSA) is 39.1 Å². The lowest BCUT2D eigenvalue weighted by molar-refractivity contribution is -0.118. The van der Waals surface area contributed by atoms with E-state index in [9.17, 15) is 4.79 Å². The molecule has 6 heteroatoms. The first-order valence-electron chi connectivity index (χ1n) is 7.73. The summed E-state index contributed by atoms with van der Waals surface area (Å²) >= 11 is 0. The summed E-state index contributed by atoms with van der Waals surface area (Å²) < 4.78 is 0. The summed E-state index contributed by atoms with van der Waals surface area (Å²) in [6, 6.07) is 9.79. The summed E-state index contributed by atoms with van der Waals surface area (Å²) in [5, 5.41) is 0.755. The third-order valence-corrected chi connectivity index (χ3v) is 5.34. The SMILES string of the molecule is CN1CCN(C2=NC3=S=C(c4ccccc4)C(=O)N3C=C2)CC1. The minimum absolute atomic E-state index is 0.00799. The van der Waals surface area contributed by atoms with Crippen molar-refractivity contribution in [1.82, 2.24) is 14.7 Å². The minimum atomic E-state index is 0.00799. The zero-order chi connectivity index (χ0) is 15.8. The Hall–Kier alpha value is -2.18. The van der Waals surface area contributed by atoms with Crippen LogP contribution in [0.1, 0.15) is 5.56 Å². The van der Waals surface area contributed by atoms with Gasteiger partial charge in [-0.3, -0.25) is 9.69 Å². The van der Waals surface area contributed by atoms with Crippen LogP contribution in [0.4, 0.5) is 0 Å². The van der Waals surface area contributed by atoms with Crippen molar-refractivity contribution < 1.29 is 4.79 Å². The second-order valence-electron chi connectivity index (χ2n) is 5.83. The molecule has 0 saturated carbocycles. The van der Waals surface area contributed by atoms with Crippen molar-refractivity contribution in [2.45, 2.75) is 0 Å². The molecule has 3 aliphatic heterocycles. The number of nitrogens with zero attached hydrogens (tertiary/aromatic N) is 4. The highest BCUT2D eigenvalue weighted by atomic mass is 32.1. The van der Waals surface area contributed by atoms with Crippen LogP contribution in [0, 0.1) is 0 Å². The Morgan fingerprint density at radius 2 is 1.83 bits per heavy atom. The lowest BCUT2D eigenvalue weighted by Crippen LogP contribution is -2.48. The van der Waals surface area contributed by atoms with Crippen molar-refractivity contribution in [2.75, 3.05) is 33.2 Å². The van der Waals surface area contributed by atoms with Crippen molar-refractivity contribution in [3.05, 3.63) is 48.2 Å². The molecule has 1 saturated heterocycles. The van der Waals surface area contributed by atoms with E-state index >= 15 is 0 Å². The van der Waals surface area contributed by atoms with E-state index in [1.807, 2.05) is 42.6 Å². The molecule has 4 rings (SSSR count). The van der Waals surface area contributed by atoms with Gasteiger partial charge in [0.2, 0.25) is 0 Å². The van der Waals surface area contributed by atoms with E-state index in [0.29, 0.717) is 0 Å². The minimum Gasteiger partial charge on any atom is -0.354 e. The van der Waals surface area contributed by atoms with Crippen LogP contribution in [0.15, 0.2) is 47.6 Å². The number of rotatable bonds is 1. The number of amides is 1. The molecular formula is C17H18N4OS. The van der Waals surface area contributed by atoms with E-state index in [1.165, 1.54) is 10.9 Å². The van der Waals surface area contributed by atoms with Gasteiger partial charge in [0.15, 0.2) is 5.11 Å². The Labute approximate surface area is 139 Å². The third kappa shape index (κ3) is 2.64. The molecular weight excluding hydrogens is 308 g/mol. The summed E-state index contributed by atoms with van der Waals surface area (Å²) in [6.45, 7) is 4.03. The van der Waals surface area contributed by atoms with E-state index in [4.69, 9.17) is 4.99 Å². The molecule has 0 atom stereocenters. The maximum absolute atomic E-state index is 12.6. The number of likely N-dealkylation sites (N-methyl/N-ethyl adjacent to an activating group) is 1. The Morgan fingerprint density at radius 3 is 2.57 bits per heavy atom. The first-order valence-corrected chi connectivity index (χ1v) is 8.55. The van der Waals surface area contributed by atoms with Crippen molar-refractivity contribution in [1.29, 1.82) is 0 Å². The highest BCUT2D eigenvalue weighted by Crippen LogP contribution is 2.19. The number of hydrogen-bond acceptors (Lipinski definition) is 4. The molecule has 0 spiro atoms. The summed E-state index contributed by atoms with van der Waals surface area (Å²) in [4.78, 5) is 24.3. The maximum atomic E-state index is 12.6. The molecule has 5 nitrogen and oxygen atoms in total. The van der Waals surface area contributed by atoms with Gasteiger partial charge in [0.25, 0.3) is 5.91 Å². The smallest absolute Gasteiger partial charge is 0.274 e. The molecule has 1 aromatic carbocycles. The van der Waals surface area contributed by atoms with Crippen molar-refractivity contribution in [2.24, 2.45) is 4.99 Å². The van der Waals surface area contributed by atoms with E-state index in [0.717, 1.165) is 47.6 Å². The molecule has 1 amide bonds. The van der Waals surface area contributed by atoms with Gasteiger partial charge in [-0.1, -0.05) is 41.3 Å². The first-order chi connectivity index (χ1) is 11.2. The normalized spacial score (nSPS) is 21.4. The highest BCUT2D eigenvalue weighted by Gasteiger charge is 2.30. The van der Waals surface area contributed by atoms with Crippen LogP contribution in [-0.4, -0.2) is 69.6 Å². The van der Waals surface area contributed by atoms with Gasteiger partial charge in [-0.25, -0.2) is 4.99 Å². The molecule has 0 unspecified atom stereocenters. The Bertz CT molecular complexity index is 769. The van der Waals surface area contributed by atoms with Crippen molar-refractivity contribution >= 4 is 32.7 Å². The lowest BCUT2D eigenvalue weighted by atomic mass is 10.1. The zero-order valence-electron chi connectivity index (χ0n) is 13.0. The van der Waals surface area contributed by atoms with Crippen LogP contribution in [0.3, 0.4) is 0 Å². The second kappa shape index (κ2) is 5.79. The monoisotopic (exact) mass is 326 g/mol. The van der Waals surface area contributed by atoms with Crippen LogP contribution < -0.4 is 0 Å². The third-order valence-electron chi connectivity index (χ3n) is 4.26. The van der Waals surface area contributed by atoms with Crippen LogP contribution in [0.5, 0.6) is 0 Å². The molecule has 118 valence electrons. The molecule has 1 fully saturated rings. The van der Waals surface area contributed by atoms with Gasteiger partial charge >= 0.3 is 0 Å². The van der Waals surface area contributed by atoms with Crippen molar-refractivity contribution in [3.8, 4) is 0 Å². The van der Waals surface area contributed by atoms with E-state index < -0.39 is 0 Å². The molecule has 0 radical (unpaired) electrons. The predicted octanol–water partition coefficient (Wildman–Crippen LogP) is 1.04.